The van der Waals surface area contributed by atoms with Crippen LogP contribution in [0.25, 0.3) is 0 Å². The first-order valence-electron chi connectivity index (χ1n) is 5.71. The van der Waals surface area contributed by atoms with Crippen LogP contribution in [0.15, 0.2) is 5.38 Å². The molecule has 0 spiro atoms. The Hall–Kier alpha value is -0.610. The van der Waals surface area contributed by atoms with Crippen LogP contribution in [0.2, 0.25) is 0 Å². The summed E-state index contributed by atoms with van der Waals surface area (Å²) in [7, 11) is 2.17. The highest BCUT2D eigenvalue weighted by molar-refractivity contribution is 7.13. The van der Waals surface area contributed by atoms with Crippen molar-refractivity contribution in [3.63, 3.8) is 0 Å². The molecule has 3 nitrogen and oxygen atoms in total. The fourth-order valence-electron chi connectivity index (χ4n) is 1.58. The highest BCUT2D eigenvalue weighted by atomic mass is 32.1. The Kier molecular flexibility index (Phi) is 4.33. The molecule has 0 aliphatic carbocycles. The van der Waals surface area contributed by atoms with Crippen LogP contribution >= 0.6 is 11.3 Å². The maximum Gasteiger partial charge on any atom is 0.180 e. The van der Waals surface area contributed by atoms with Crippen molar-refractivity contribution in [3.8, 4) is 0 Å². The number of hydrogen-bond acceptors (Lipinski definition) is 4. The fourth-order valence-corrected chi connectivity index (χ4v) is 2.18. The summed E-state index contributed by atoms with van der Waals surface area (Å²) in [5, 5.41) is 2.71. The van der Waals surface area contributed by atoms with Crippen LogP contribution in [-0.4, -0.2) is 29.5 Å². The largest absolute Gasteiger partial charge is 0.375 e. The summed E-state index contributed by atoms with van der Waals surface area (Å²) in [4.78, 5) is 6.66. The van der Waals surface area contributed by atoms with Crippen molar-refractivity contribution in [2.24, 2.45) is 5.41 Å². The lowest BCUT2D eigenvalue weighted by atomic mass is 9.87. The van der Waals surface area contributed by atoms with E-state index in [-0.39, 0.29) is 0 Å². The Morgan fingerprint density at radius 2 is 2.12 bits per heavy atom. The number of nitrogens with zero attached hydrogens (tertiary/aromatic N) is 2. The molecule has 1 heterocycles. The van der Waals surface area contributed by atoms with Gasteiger partial charge < -0.3 is 10.6 Å². The molecule has 4 heteroatoms. The molecular weight excluding hydrogens is 218 g/mol. The van der Waals surface area contributed by atoms with E-state index < -0.39 is 0 Å². The van der Waals surface area contributed by atoms with E-state index in [9.17, 15) is 0 Å². The monoisotopic (exact) mass is 241 g/mol. The zero-order valence-electron chi connectivity index (χ0n) is 10.9. The zero-order chi connectivity index (χ0) is 12.3. The number of nitrogens with two attached hydrogens (primary N) is 1. The molecule has 0 aliphatic rings. The number of anilines is 1. The summed E-state index contributed by atoms with van der Waals surface area (Å²) in [5.74, 6) is 0. The van der Waals surface area contributed by atoms with Gasteiger partial charge in [-0.2, -0.15) is 0 Å². The van der Waals surface area contributed by atoms with Gasteiger partial charge in [-0.05, 0) is 19.4 Å². The summed E-state index contributed by atoms with van der Waals surface area (Å²) in [6.45, 7) is 10.1. The second-order valence-electron chi connectivity index (χ2n) is 5.45. The maximum absolute atomic E-state index is 5.61. The standard InChI is InChI=1S/C12H23N3S/c1-9(12(2,3)4)15(5)7-6-10-8-16-11(13)14-10/h8-9H,6-7H2,1-5H3,(H2,13,14). The molecule has 16 heavy (non-hydrogen) atoms. The number of hydrogen-bond donors (Lipinski definition) is 1. The minimum Gasteiger partial charge on any atom is -0.375 e. The Morgan fingerprint density at radius 1 is 1.50 bits per heavy atom. The summed E-state index contributed by atoms with van der Waals surface area (Å²) in [5.41, 5.74) is 7.03. The van der Waals surface area contributed by atoms with Gasteiger partial charge in [0.15, 0.2) is 5.13 Å². The van der Waals surface area contributed by atoms with E-state index in [1.807, 2.05) is 5.38 Å². The number of thiazole rings is 1. The highest BCUT2D eigenvalue weighted by Crippen LogP contribution is 2.23. The average Bonchev–Trinajstić information content (AvgIpc) is 2.58. The van der Waals surface area contributed by atoms with Gasteiger partial charge in [0.05, 0.1) is 5.69 Å². The Bertz CT molecular complexity index is 327. The van der Waals surface area contributed by atoms with Crippen LogP contribution in [-0.2, 0) is 6.42 Å². The van der Waals surface area contributed by atoms with Crippen LogP contribution in [0, 0.1) is 5.41 Å². The number of nitrogen functional groups attached to an aromatic ring is 1. The van der Waals surface area contributed by atoms with Gasteiger partial charge in [0.2, 0.25) is 0 Å². The molecule has 1 atom stereocenters. The lowest BCUT2D eigenvalue weighted by Crippen LogP contribution is -2.40. The van der Waals surface area contributed by atoms with Crippen LogP contribution in [0.4, 0.5) is 5.13 Å². The van der Waals surface area contributed by atoms with Crippen LogP contribution in [0.1, 0.15) is 33.4 Å². The maximum atomic E-state index is 5.61. The SMILES string of the molecule is CC(N(C)CCc1csc(N)n1)C(C)(C)C. The van der Waals surface area contributed by atoms with E-state index in [1.165, 1.54) is 11.3 Å². The predicted octanol–water partition coefficient (Wildman–Crippen LogP) is 2.63. The molecule has 0 aliphatic heterocycles. The fraction of sp³-hybridized carbons (Fsp3) is 0.750. The van der Waals surface area contributed by atoms with Gasteiger partial charge in [-0.25, -0.2) is 4.98 Å². The smallest absolute Gasteiger partial charge is 0.180 e. The first-order valence-corrected chi connectivity index (χ1v) is 6.59. The summed E-state index contributed by atoms with van der Waals surface area (Å²) >= 11 is 1.52. The van der Waals surface area contributed by atoms with Crippen LogP contribution < -0.4 is 5.73 Å². The predicted molar refractivity (Wildman–Crippen MR) is 71.8 cm³/mol. The number of rotatable bonds is 4. The Balaban J connectivity index is 2.44. The van der Waals surface area contributed by atoms with E-state index in [0.717, 1.165) is 18.7 Å². The van der Waals surface area contributed by atoms with Crippen molar-refractivity contribution in [2.45, 2.75) is 40.2 Å². The van der Waals surface area contributed by atoms with Gasteiger partial charge in [0.1, 0.15) is 0 Å². The highest BCUT2D eigenvalue weighted by Gasteiger charge is 2.23. The molecule has 0 fully saturated rings. The number of likely N-dealkylation sites (N-methyl/N-ethyl adjacent to an activating group) is 1. The zero-order valence-corrected chi connectivity index (χ0v) is 11.8. The molecule has 0 radical (unpaired) electrons. The molecule has 2 N–H and O–H groups in total. The van der Waals surface area contributed by atoms with Crippen molar-refractivity contribution in [2.75, 3.05) is 19.3 Å². The third-order valence-electron chi connectivity index (χ3n) is 3.20. The minimum absolute atomic E-state index is 0.315. The van der Waals surface area contributed by atoms with Gasteiger partial charge in [-0.15, -0.1) is 11.3 Å². The minimum atomic E-state index is 0.315. The molecule has 0 saturated heterocycles. The Labute approximate surface area is 103 Å². The molecule has 0 bridgehead atoms. The molecule has 1 aromatic heterocycles. The van der Waals surface area contributed by atoms with Gasteiger partial charge in [-0.1, -0.05) is 20.8 Å². The van der Waals surface area contributed by atoms with Gasteiger partial charge >= 0.3 is 0 Å². The lowest BCUT2D eigenvalue weighted by Gasteiger charge is -2.35. The number of aromatic nitrogens is 1. The van der Waals surface area contributed by atoms with Crippen molar-refractivity contribution in [1.82, 2.24) is 9.88 Å². The van der Waals surface area contributed by atoms with Crippen molar-refractivity contribution in [1.29, 1.82) is 0 Å². The van der Waals surface area contributed by atoms with E-state index in [1.54, 1.807) is 0 Å². The molecule has 1 rings (SSSR count). The van der Waals surface area contributed by atoms with E-state index in [2.05, 4.69) is 44.6 Å². The van der Waals surface area contributed by atoms with E-state index >= 15 is 0 Å². The van der Waals surface area contributed by atoms with Crippen LogP contribution in [0.5, 0.6) is 0 Å². The Morgan fingerprint density at radius 3 is 2.56 bits per heavy atom. The molecule has 0 aromatic carbocycles. The van der Waals surface area contributed by atoms with E-state index in [0.29, 0.717) is 16.6 Å². The normalized spacial score (nSPS) is 14.4. The molecular formula is C12H23N3S. The molecule has 92 valence electrons. The summed E-state index contributed by atoms with van der Waals surface area (Å²) in [6.07, 6.45) is 0.977. The second kappa shape index (κ2) is 5.15. The topological polar surface area (TPSA) is 42.1 Å². The first kappa shape index (κ1) is 13.5. The first-order chi connectivity index (χ1) is 7.30. The van der Waals surface area contributed by atoms with Crippen molar-refractivity contribution in [3.05, 3.63) is 11.1 Å². The molecule has 0 saturated carbocycles. The van der Waals surface area contributed by atoms with Gasteiger partial charge in [0.25, 0.3) is 0 Å². The quantitative estimate of drug-likeness (QED) is 0.881. The third kappa shape index (κ3) is 3.76. The lowest BCUT2D eigenvalue weighted by molar-refractivity contribution is 0.142. The summed E-state index contributed by atoms with van der Waals surface area (Å²) in [6, 6.07) is 0.559. The molecule has 1 unspecified atom stereocenters. The van der Waals surface area contributed by atoms with Crippen LogP contribution in [0.3, 0.4) is 0 Å². The van der Waals surface area contributed by atoms with Crippen molar-refractivity contribution >= 4 is 16.5 Å². The summed E-state index contributed by atoms with van der Waals surface area (Å²) < 4.78 is 0. The molecule has 1 aromatic rings. The van der Waals surface area contributed by atoms with Gasteiger partial charge in [0, 0.05) is 24.4 Å². The third-order valence-corrected chi connectivity index (χ3v) is 3.93. The molecule has 0 amide bonds. The average molecular weight is 241 g/mol. The second-order valence-corrected chi connectivity index (χ2v) is 6.34. The van der Waals surface area contributed by atoms with Crippen molar-refractivity contribution < 1.29 is 0 Å². The van der Waals surface area contributed by atoms with E-state index in [4.69, 9.17) is 5.73 Å². The van der Waals surface area contributed by atoms with Gasteiger partial charge in [-0.3, -0.25) is 0 Å².